The van der Waals surface area contributed by atoms with Crippen molar-refractivity contribution in [3.63, 3.8) is 0 Å². The van der Waals surface area contributed by atoms with Crippen LogP contribution in [0.25, 0.3) is 5.70 Å². The molecule has 0 unspecified atom stereocenters. The zero-order valence-corrected chi connectivity index (χ0v) is 24.4. The van der Waals surface area contributed by atoms with Gasteiger partial charge in [-0.05, 0) is 69.2 Å². The topological polar surface area (TPSA) is 105 Å². The summed E-state index contributed by atoms with van der Waals surface area (Å²) in [5, 5.41) is 14.4. The number of nitrogens with one attached hydrogen (secondary N) is 3. The quantitative estimate of drug-likeness (QED) is 0.315. The Hall–Kier alpha value is -3.95. The van der Waals surface area contributed by atoms with Crippen molar-refractivity contribution in [3.05, 3.63) is 120 Å². The van der Waals surface area contributed by atoms with Gasteiger partial charge in [0.1, 0.15) is 5.82 Å². The van der Waals surface area contributed by atoms with Crippen LogP contribution in [-0.2, 0) is 6.54 Å². The van der Waals surface area contributed by atoms with Crippen LogP contribution in [0.1, 0.15) is 39.7 Å². The maximum absolute atomic E-state index is 14.8. The molecule has 0 amide bonds. The molecule has 8 nitrogen and oxygen atoms in total. The van der Waals surface area contributed by atoms with Gasteiger partial charge >= 0.3 is 11.4 Å². The van der Waals surface area contributed by atoms with E-state index in [9.17, 15) is 14.0 Å². The average molecular weight is 586 g/mol. The summed E-state index contributed by atoms with van der Waals surface area (Å²) >= 11 is 12.5. The minimum absolute atomic E-state index is 0.122. The molecule has 0 fully saturated rings. The van der Waals surface area contributed by atoms with E-state index in [-0.39, 0.29) is 33.8 Å². The summed E-state index contributed by atoms with van der Waals surface area (Å²) in [5.74, 6) is -0.733. The molecular formula is C29H31Cl2FN6O2. The van der Waals surface area contributed by atoms with Crippen LogP contribution in [0.4, 0.5) is 10.3 Å². The van der Waals surface area contributed by atoms with E-state index >= 15 is 0 Å². The summed E-state index contributed by atoms with van der Waals surface area (Å²) in [6, 6.07) is 4.01. The Morgan fingerprint density at radius 3 is 2.55 bits per heavy atom. The van der Waals surface area contributed by atoms with Gasteiger partial charge in [-0.15, -0.1) is 0 Å². The lowest BCUT2D eigenvalue weighted by Crippen LogP contribution is -2.42. The van der Waals surface area contributed by atoms with Gasteiger partial charge in [0.05, 0.1) is 28.7 Å². The second-order valence-electron chi connectivity index (χ2n) is 9.08. The Kier molecular flexibility index (Phi) is 10.3. The van der Waals surface area contributed by atoms with Gasteiger partial charge in [0.15, 0.2) is 0 Å². The predicted molar refractivity (Wildman–Crippen MR) is 162 cm³/mol. The highest BCUT2D eigenvalue weighted by molar-refractivity contribution is 6.35. The smallest absolute Gasteiger partial charge is 0.359 e. The summed E-state index contributed by atoms with van der Waals surface area (Å²) < 4.78 is 16.8. The van der Waals surface area contributed by atoms with E-state index in [1.54, 1.807) is 38.4 Å². The molecule has 0 aliphatic heterocycles. The highest BCUT2D eigenvalue weighted by Crippen LogP contribution is 2.25. The molecule has 3 N–H and O–H groups in total. The monoisotopic (exact) mass is 584 g/mol. The van der Waals surface area contributed by atoms with Crippen LogP contribution >= 0.6 is 23.2 Å². The number of hydrogen-bond donors (Lipinski definition) is 3. The van der Waals surface area contributed by atoms with Crippen LogP contribution in [0.3, 0.4) is 0 Å². The molecular weight excluding hydrogens is 554 g/mol. The van der Waals surface area contributed by atoms with Gasteiger partial charge in [0.2, 0.25) is 5.95 Å². The Morgan fingerprint density at radius 1 is 1.18 bits per heavy atom. The zero-order chi connectivity index (χ0) is 29.6. The van der Waals surface area contributed by atoms with Crippen molar-refractivity contribution in [2.45, 2.75) is 40.7 Å². The molecule has 1 heterocycles. The lowest BCUT2D eigenvalue weighted by Gasteiger charge is -2.20. The Morgan fingerprint density at radius 2 is 1.90 bits per heavy atom. The van der Waals surface area contributed by atoms with Crippen LogP contribution in [0, 0.1) is 11.2 Å². The van der Waals surface area contributed by atoms with E-state index in [4.69, 9.17) is 28.6 Å². The second-order valence-corrected chi connectivity index (χ2v) is 9.92. The molecule has 11 heteroatoms. The van der Waals surface area contributed by atoms with Crippen LogP contribution in [-0.4, -0.2) is 26.9 Å². The Bertz CT molecular complexity index is 1640. The number of allylic oxidation sites excluding steroid dienone is 10. The minimum Gasteiger partial charge on any atom is -0.393 e. The van der Waals surface area contributed by atoms with Crippen molar-refractivity contribution in [3.8, 4) is 0 Å². The number of anilines is 1. The van der Waals surface area contributed by atoms with Gasteiger partial charge < -0.3 is 16.0 Å². The Labute approximate surface area is 242 Å². The first kappa shape index (κ1) is 30.6. The van der Waals surface area contributed by atoms with Crippen LogP contribution < -0.4 is 22.0 Å². The number of benzene rings is 1. The van der Waals surface area contributed by atoms with Crippen molar-refractivity contribution < 1.29 is 4.39 Å². The molecule has 0 atom stereocenters. The summed E-state index contributed by atoms with van der Waals surface area (Å²) in [5.41, 5.74) is 1.79. The summed E-state index contributed by atoms with van der Waals surface area (Å²) in [4.78, 5) is 31.3. The van der Waals surface area contributed by atoms with E-state index in [0.29, 0.717) is 17.0 Å². The first-order chi connectivity index (χ1) is 19.0. The Balaban J connectivity index is 2.24. The lowest BCUT2D eigenvalue weighted by atomic mass is 10.0. The largest absolute Gasteiger partial charge is 0.393 e. The van der Waals surface area contributed by atoms with Crippen molar-refractivity contribution in [1.29, 1.82) is 5.41 Å². The average Bonchev–Trinajstić information content (AvgIpc) is 2.90. The molecule has 3 rings (SSSR count). The third kappa shape index (κ3) is 7.16. The third-order valence-corrected chi connectivity index (χ3v) is 6.60. The number of rotatable bonds is 9. The van der Waals surface area contributed by atoms with Crippen molar-refractivity contribution in [2.24, 2.45) is 0 Å². The van der Waals surface area contributed by atoms with Crippen molar-refractivity contribution in [2.75, 3.05) is 12.4 Å². The van der Waals surface area contributed by atoms with Crippen LogP contribution in [0.2, 0.25) is 5.02 Å². The first-order valence-electron chi connectivity index (χ1n) is 12.5. The molecule has 0 saturated carbocycles. The third-order valence-electron chi connectivity index (χ3n) is 6.05. The first-order valence-corrected chi connectivity index (χ1v) is 13.3. The highest BCUT2D eigenvalue weighted by atomic mass is 35.5. The van der Waals surface area contributed by atoms with Crippen LogP contribution in [0.5, 0.6) is 0 Å². The van der Waals surface area contributed by atoms with Gasteiger partial charge in [-0.3, -0.25) is 4.57 Å². The summed E-state index contributed by atoms with van der Waals surface area (Å²) in [7, 11) is 1.69. The number of aromatic nitrogens is 3. The van der Waals surface area contributed by atoms with Crippen LogP contribution in [0.15, 0.2) is 91.8 Å². The highest BCUT2D eigenvalue weighted by Gasteiger charge is 2.20. The second kappa shape index (κ2) is 13.4. The molecule has 210 valence electrons. The molecule has 0 bridgehead atoms. The molecule has 0 spiro atoms. The minimum atomic E-state index is -0.834. The summed E-state index contributed by atoms with van der Waals surface area (Å²) in [6.45, 7) is 7.32. The molecule has 1 aromatic carbocycles. The number of nitrogens with zero attached hydrogens (tertiary/aromatic N) is 3. The SMILES string of the molecule is C\C=C(/C=C(C)\C=C(/C)CC)n1c(=O)nc(NC2=C/C(=C/NC)C(=N)C=C2Cl)n(Cc2cc(Cl)ccc2F)c1=O. The molecule has 0 radical (unpaired) electrons. The van der Waals surface area contributed by atoms with Gasteiger partial charge in [-0.25, -0.2) is 18.5 Å². The zero-order valence-electron chi connectivity index (χ0n) is 22.9. The van der Waals surface area contributed by atoms with Crippen molar-refractivity contribution >= 4 is 40.6 Å². The van der Waals surface area contributed by atoms with Gasteiger partial charge in [0, 0.05) is 29.4 Å². The molecule has 40 heavy (non-hydrogen) atoms. The van der Waals surface area contributed by atoms with Gasteiger partial charge in [0.25, 0.3) is 0 Å². The maximum Gasteiger partial charge on any atom is 0.359 e. The van der Waals surface area contributed by atoms with Gasteiger partial charge in [-0.2, -0.15) is 4.98 Å². The van der Waals surface area contributed by atoms with E-state index in [2.05, 4.69) is 15.6 Å². The molecule has 1 aromatic heterocycles. The molecule has 1 aliphatic carbocycles. The molecule has 0 saturated heterocycles. The molecule has 2 aromatic rings. The normalized spacial score (nSPS) is 15.8. The fourth-order valence-electron chi connectivity index (χ4n) is 3.91. The summed E-state index contributed by atoms with van der Waals surface area (Å²) in [6.07, 6.45) is 10.8. The predicted octanol–water partition coefficient (Wildman–Crippen LogP) is 5.96. The van der Waals surface area contributed by atoms with Crippen molar-refractivity contribution in [1.82, 2.24) is 19.4 Å². The van der Waals surface area contributed by atoms with E-state index < -0.39 is 17.2 Å². The van der Waals surface area contributed by atoms with E-state index in [1.165, 1.54) is 24.3 Å². The fourth-order valence-corrected chi connectivity index (χ4v) is 4.32. The lowest BCUT2D eigenvalue weighted by molar-refractivity contribution is 0.586. The maximum atomic E-state index is 14.8. The van der Waals surface area contributed by atoms with Gasteiger partial charge in [-0.1, -0.05) is 47.9 Å². The number of hydrogen-bond acceptors (Lipinski definition) is 6. The number of halogens is 3. The fraction of sp³-hybridized carbons (Fsp3) is 0.241. The standard InChI is InChI=1S/C29H31Cl2FN6O2/c1-6-17(3)10-18(4)11-22(7-2)38-28(39)36-27(35-26-13-19(15-34-5)25(33)14-23(26)31)37(29(38)40)16-20-12-21(30)8-9-24(20)32/h7-15,33-34H,6,16H2,1-5H3,(H,35,36,39)/b17-10+,18-11-,19-15-,22-7+,33-25?. The van der Waals surface area contributed by atoms with E-state index in [0.717, 1.165) is 26.7 Å². The molecule has 1 aliphatic rings. The van der Waals surface area contributed by atoms with E-state index in [1.807, 2.05) is 26.8 Å².